The summed E-state index contributed by atoms with van der Waals surface area (Å²) < 4.78 is 12.0. The molecule has 1 amide bonds. The molecule has 0 aromatic heterocycles. The van der Waals surface area contributed by atoms with E-state index in [1.165, 1.54) is 0 Å². The predicted molar refractivity (Wildman–Crippen MR) is 99.9 cm³/mol. The molecule has 4 nitrogen and oxygen atoms in total. The van der Waals surface area contributed by atoms with Gasteiger partial charge in [-0.1, -0.05) is 41.4 Å². The highest BCUT2D eigenvalue weighted by molar-refractivity contribution is 9.10. The molecule has 0 radical (unpaired) electrons. The van der Waals surface area contributed by atoms with Crippen molar-refractivity contribution in [3.63, 3.8) is 0 Å². The number of hydrogen-bond donors (Lipinski definition) is 1. The minimum absolute atomic E-state index is 0.0917. The van der Waals surface area contributed by atoms with E-state index in [0.29, 0.717) is 30.2 Å². The van der Waals surface area contributed by atoms with Crippen molar-refractivity contribution in [2.75, 3.05) is 19.0 Å². The van der Waals surface area contributed by atoms with Crippen LogP contribution in [0.2, 0.25) is 0 Å². The Balaban J connectivity index is 2.07. The van der Waals surface area contributed by atoms with E-state index < -0.39 is 0 Å². The van der Waals surface area contributed by atoms with Crippen molar-refractivity contribution in [3.8, 4) is 11.5 Å². The van der Waals surface area contributed by atoms with Gasteiger partial charge in [0.2, 0.25) is 5.91 Å². The summed E-state index contributed by atoms with van der Waals surface area (Å²) in [7, 11) is 1.60. The van der Waals surface area contributed by atoms with Crippen molar-refractivity contribution >= 4 is 27.5 Å². The van der Waals surface area contributed by atoms with Crippen LogP contribution < -0.4 is 14.8 Å². The summed E-state index contributed by atoms with van der Waals surface area (Å²) in [6.45, 7) is 2.73. The molecule has 0 unspecified atom stereocenters. The molecular weight excluding hydrogens is 370 g/mol. The van der Waals surface area contributed by atoms with E-state index in [2.05, 4.69) is 28.2 Å². The zero-order valence-corrected chi connectivity index (χ0v) is 15.6. The van der Waals surface area contributed by atoms with Crippen LogP contribution in [0.15, 0.2) is 46.9 Å². The molecule has 0 spiro atoms. The van der Waals surface area contributed by atoms with Crippen LogP contribution >= 0.6 is 15.9 Å². The number of rotatable bonds is 8. The Bertz CT molecular complexity index is 671. The number of benzene rings is 2. The van der Waals surface area contributed by atoms with Crippen LogP contribution in [0.3, 0.4) is 0 Å². The molecule has 2 aromatic carbocycles. The molecule has 0 saturated heterocycles. The molecular formula is C19H22BrNO3. The number of amides is 1. The number of hydrogen-bond acceptors (Lipinski definition) is 3. The summed E-state index contributed by atoms with van der Waals surface area (Å²) in [6.07, 6.45) is 2.33. The number of halogens is 1. The van der Waals surface area contributed by atoms with Crippen LogP contribution in [-0.2, 0) is 11.2 Å². The Morgan fingerprint density at radius 1 is 1.17 bits per heavy atom. The highest BCUT2D eigenvalue weighted by Crippen LogP contribution is 2.29. The third kappa shape index (κ3) is 5.57. The standard InChI is InChI=1S/C19H22BrNO3/c1-3-4-11-24-18-10-9-16(23-2)13-17(18)21-19(22)12-14-5-7-15(20)8-6-14/h5-10,13H,3-4,11-12H2,1-2H3,(H,21,22). The highest BCUT2D eigenvalue weighted by Gasteiger charge is 2.10. The van der Waals surface area contributed by atoms with Gasteiger partial charge in [-0.3, -0.25) is 4.79 Å². The van der Waals surface area contributed by atoms with E-state index in [0.717, 1.165) is 22.9 Å². The average molecular weight is 392 g/mol. The monoisotopic (exact) mass is 391 g/mol. The largest absolute Gasteiger partial charge is 0.497 e. The van der Waals surface area contributed by atoms with E-state index in [4.69, 9.17) is 9.47 Å². The smallest absolute Gasteiger partial charge is 0.228 e. The second-order valence-electron chi connectivity index (χ2n) is 5.42. The number of anilines is 1. The zero-order chi connectivity index (χ0) is 17.4. The van der Waals surface area contributed by atoms with Crippen molar-refractivity contribution in [1.29, 1.82) is 0 Å². The van der Waals surface area contributed by atoms with Crippen molar-refractivity contribution in [2.24, 2.45) is 0 Å². The van der Waals surface area contributed by atoms with Gasteiger partial charge in [0.1, 0.15) is 11.5 Å². The van der Waals surface area contributed by atoms with Gasteiger partial charge in [0, 0.05) is 10.5 Å². The first kappa shape index (κ1) is 18.3. The van der Waals surface area contributed by atoms with Gasteiger partial charge in [-0.15, -0.1) is 0 Å². The van der Waals surface area contributed by atoms with Crippen molar-refractivity contribution in [3.05, 3.63) is 52.5 Å². The lowest BCUT2D eigenvalue weighted by molar-refractivity contribution is -0.115. The first-order valence-corrected chi connectivity index (χ1v) is 8.76. The number of ether oxygens (including phenoxy) is 2. The van der Waals surface area contributed by atoms with Gasteiger partial charge in [0.25, 0.3) is 0 Å². The molecule has 5 heteroatoms. The number of carbonyl (C=O) groups is 1. The summed E-state index contributed by atoms with van der Waals surface area (Å²) in [6, 6.07) is 13.1. The highest BCUT2D eigenvalue weighted by atomic mass is 79.9. The fourth-order valence-corrected chi connectivity index (χ4v) is 2.43. The Morgan fingerprint density at radius 3 is 2.58 bits per heavy atom. The fraction of sp³-hybridized carbons (Fsp3) is 0.316. The van der Waals surface area contributed by atoms with Gasteiger partial charge in [0.15, 0.2) is 0 Å². The average Bonchev–Trinajstić information content (AvgIpc) is 2.58. The molecule has 24 heavy (non-hydrogen) atoms. The number of unbranched alkanes of at least 4 members (excludes halogenated alkanes) is 1. The molecule has 0 aliphatic carbocycles. The van der Waals surface area contributed by atoms with Gasteiger partial charge in [0.05, 0.1) is 25.8 Å². The SMILES string of the molecule is CCCCOc1ccc(OC)cc1NC(=O)Cc1ccc(Br)cc1. The molecule has 0 aliphatic rings. The fourth-order valence-electron chi connectivity index (χ4n) is 2.17. The summed E-state index contributed by atoms with van der Waals surface area (Å²) in [5.41, 5.74) is 1.58. The second kappa shape index (κ2) is 9.33. The number of nitrogens with one attached hydrogen (secondary N) is 1. The third-order valence-electron chi connectivity index (χ3n) is 3.49. The first-order chi connectivity index (χ1) is 11.6. The lowest BCUT2D eigenvalue weighted by atomic mass is 10.1. The quantitative estimate of drug-likeness (QED) is 0.656. The van der Waals surface area contributed by atoms with E-state index >= 15 is 0 Å². The maximum atomic E-state index is 12.3. The number of methoxy groups -OCH3 is 1. The lowest BCUT2D eigenvalue weighted by Crippen LogP contribution is -2.15. The van der Waals surface area contributed by atoms with Crippen LogP contribution in [0.4, 0.5) is 5.69 Å². The summed E-state index contributed by atoms with van der Waals surface area (Å²) in [5, 5.41) is 2.92. The molecule has 2 aromatic rings. The van der Waals surface area contributed by atoms with Crippen LogP contribution in [-0.4, -0.2) is 19.6 Å². The summed E-state index contributed by atoms with van der Waals surface area (Å²) in [4.78, 5) is 12.3. The van der Waals surface area contributed by atoms with Gasteiger partial charge >= 0.3 is 0 Å². The summed E-state index contributed by atoms with van der Waals surface area (Å²) in [5.74, 6) is 1.25. The van der Waals surface area contributed by atoms with Gasteiger partial charge < -0.3 is 14.8 Å². The zero-order valence-electron chi connectivity index (χ0n) is 14.0. The van der Waals surface area contributed by atoms with E-state index in [9.17, 15) is 4.79 Å². The van der Waals surface area contributed by atoms with Crippen molar-refractivity contribution in [2.45, 2.75) is 26.2 Å². The van der Waals surface area contributed by atoms with Crippen LogP contribution in [0.1, 0.15) is 25.3 Å². The first-order valence-electron chi connectivity index (χ1n) is 7.97. The minimum Gasteiger partial charge on any atom is -0.497 e. The Morgan fingerprint density at radius 2 is 1.92 bits per heavy atom. The van der Waals surface area contributed by atoms with Crippen molar-refractivity contribution in [1.82, 2.24) is 0 Å². The maximum absolute atomic E-state index is 12.3. The molecule has 0 bridgehead atoms. The van der Waals surface area contributed by atoms with E-state index in [-0.39, 0.29) is 5.91 Å². The third-order valence-corrected chi connectivity index (χ3v) is 4.02. The Hall–Kier alpha value is -2.01. The summed E-state index contributed by atoms with van der Waals surface area (Å²) >= 11 is 3.39. The van der Waals surface area contributed by atoms with E-state index in [1.807, 2.05) is 36.4 Å². The lowest BCUT2D eigenvalue weighted by Gasteiger charge is -2.14. The molecule has 128 valence electrons. The maximum Gasteiger partial charge on any atom is 0.228 e. The molecule has 0 aliphatic heterocycles. The van der Waals surface area contributed by atoms with Crippen LogP contribution in [0.25, 0.3) is 0 Å². The molecule has 0 saturated carbocycles. The second-order valence-corrected chi connectivity index (χ2v) is 6.33. The Kier molecular flexibility index (Phi) is 7.12. The normalized spacial score (nSPS) is 10.3. The molecule has 2 rings (SSSR count). The van der Waals surface area contributed by atoms with Gasteiger partial charge in [-0.2, -0.15) is 0 Å². The van der Waals surface area contributed by atoms with Crippen LogP contribution in [0, 0.1) is 0 Å². The molecule has 0 fully saturated rings. The van der Waals surface area contributed by atoms with Crippen LogP contribution in [0.5, 0.6) is 11.5 Å². The molecule has 0 atom stereocenters. The predicted octanol–water partition coefficient (Wildman–Crippen LogP) is 4.82. The number of carbonyl (C=O) groups excluding carboxylic acids is 1. The van der Waals surface area contributed by atoms with Gasteiger partial charge in [-0.25, -0.2) is 0 Å². The van der Waals surface area contributed by atoms with E-state index in [1.54, 1.807) is 13.2 Å². The van der Waals surface area contributed by atoms with Gasteiger partial charge in [-0.05, 0) is 36.2 Å². The molecule has 1 N–H and O–H groups in total. The Labute approximate surface area is 151 Å². The van der Waals surface area contributed by atoms with Crippen molar-refractivity contribution < 1.29 is 14.3 Å². The minimum atomic E-state index is -0.0917. The topological polar surface area (TPSA) is 47.6 Å². The molecule has 0 heterocycles.